The fourth-order valence-corrected chi connectivity index (χ4v) is 1.34. The standard InChI is InChI=1S/C12H15BrN2O2/c1-3-6-14-15-12(16)8-17-10-4-5-11(13)9(2)7-10/h4-7H,3,8H2,1-2H3,(H,15,16). The minimum absolute atomic E-state index is 0.0396. The SMILES string of the molecule is CCC=NNC(=O)COc1ccc(Br)c(C)c1. The fraction of sp³-hybridized carbons (Fsp3) is 0.333. The molecule has 17 heavy (non-hydrogen) atoms. The van der Waals surface area contributed by atoms with Gasteiger partial charge in [-0.2, -0.15) is 5.10 Å². The number of hydrogen-bond acceptors (Lipinski definition) is 3. The molecule has 0 saturated carbocycles. The van der Waals surface area contributed by atoms with Crippen molar-refractivity contribution in [3.8, 4) is 5.75 Å². The van der Waals surface area contributed by atoms with E-state index in [0.717, 1.165) is 16.5 Å². The molecule has 1 aromatic rings. The highest BCUT2D eigenvalue weighted by atomic mass is 79.9. The van der Waals surface area contributed by atoms with Gasteiger partial charge in [-0.3, -0.25) is 4.79 Å². The van der Waals surface area contributed by atoms with Gasteiger partial charge in [0, 0.05) is 10.7 Å². The molecule has 0 saturated heterocycles. The number of nitrogens with zero attached hydrogens (tertiary/aromatic N) is 1. The summed E-state index contributed by atoms with van der Waals surface area (Å²) in [5, 5.41) is 3.72. The van der Waals surface area contributed by atoms with Crippen LogP contribution in [-0.4, -0.2) is 18.7 Å². The Hall–Kier alpha value is -1.36. The summed E-state index contributed by atoms with van der Waals surface area (Å²) < 4.78 is 6.34. The third-order valence-corrected chi connectivity index (χ3v) is 2.85. The largest absolute Gasteiger partial charge is 0.484 e. The van der Waals surface area contributed by atoms with Crippen molar-refractivity contribution < 1.29 is 9.53 Å². The summed E-state index contributed by atoms with van der Waals surface area (Å²) in [6.45, 7) is 3.86. The van der Waals surface area contributed by atoms with E-state index in [4.69, 9.17) is 4.74 Å². The zero-order valence-corrected chi connectivity index (χ0v) is 11.5. The molecule has 0 aromatic heterocycles. The first kappa shape index (κ1) is 13.7. The summed E-state index contributed by atoms with van der Waals surface area (Å²) in [4.78, 5) is 11.3. The number of aryl methyl sites for hydroxylation is 1. The Morgan fingerprint density at radius 2 is 2.35 bits per heavy atom. The average Bonchev–Trinajstić information content (AvgIpc) is 2.31. The van der Waals surface area contributed by atoms with Crippen molar-refractivity contribution in [2.45, 2.75) is 20.3 Å². The number of carbonyl (C=O) groups excluding carboxylic acids is 1. The van der Waals surface area contributed by atoms with Gasteiger partial charge < -0.3 is 4.74 Å². The number of ether oxygens (including phenoxy) is 1. The van der Waals surface area contributed by atoms with Crippen LogP contribution in [0.25, 0.3) is 0 Å². The summed E-state index contributed by atoms with van der Waals surface area (Å²) in [5.41, 5.74) is 3.44. The molecule has 0 unspecified atom stereocenters. The maximum absolute atomic E-state index is 11.3. The van der Waals surface area contributed by atoms with Crippen LogP contribution in [0.1, 0.15) is 18.9 Å². The van der Waals surface area contributed by atoms with Gasteiger partial charge in [-0.1, -0.05) is 22.9 Å². The molecule has 0 atom stereocenters. The third-order valence-electron chi connectivity index (χ3n) is 1.96. The molecule has 0 bridgehead atoms. The molecule has 1 N–H and O–H groups in total. The van der Waals surface area contributed by atoms with Gasteiger partial charge in [0.25, 0.3) is 5.91 Å². The second kappa shape index (κ2) is 7.06. The van der Waals surface area contributed by atoms with Crippen LogP contribution < -0.4 is 10.2 Å². The van der Waals surface area contributed by atoms with Crippen LogP contribution >= 0.6 is 15.9 Å². The first-order valence-corrected chi connectivity index (χ1v) is 6.12. The molecule has 5 heteroatoms. The molecule has 0 aliphatic heterocycles. The summed E-state index contributed by atoms with van der Waals surface area (Å²) in [5.74, 6) is 0.399. The predicted molar refractivity (Wildman–Crippen MR) is 71.3 cm³/mol. The topological polar surface area (TPSA) is 50.7 Å². The molecular weight excluding hydrogens is 284 g/mol. The van der Waals surface area contributed by atoms with Gasteiger partial charge >= 0.3 is 0 Å². The molecule has 1 amide bonds. The van der Waals surface area contributed by atoms with Crippen LogP contribution in [0.15, 0.2) is 27.8 Å². The first-order chi connectivity index (χ1) is 8.13. The van der Waals surface area contributed by atoms with Crippen molar-refractivity contribution in [2.75, 3.05) is 6.61 Å². The van der Waals surface area contributed by atoms with Crippen molar-refractivity contribution >= 4 is 28.1 Å². The van der Waals surface area contributed by atoms with Gasteiger partial charge in [0.1, 0.15) is 5.75 Å². The molecule has 92 valence electrons. The monoisotopic (exact) mass is 298 g/mol. The summed E-state index contributed by atoms with van der Waals surface area (Å²) in [6.07, 6.45) is 2.41. The van der Waals surface area contributed by atoms with Crippen LogP contribution in [0, 0.1) is 6.92 Å². The minimum Gasteiger partial charge on any atom is -0.484 e. The van der Waals surface area contributed by atoms with Gasteiger partial charge in [0.05, 0.1) is 0 Å². The lowest BCUT2D eigenvalue weighted by Crippen LogP contribution is -2.24. The van der Waals surface area contributed by atoms with E-state index in [-0.39, 0.29) is 12.5 Å². The zero-order chi connectivity index (χ0) is 12.7. The molecule has 0 radical (unpaired) electrons. The highest BCUT2D eigenvalue weighted by Gasteiger charge is 2.02. The van der Waals surface area contributed by atoms with E-state index >= 15 is 0 Å². The second-order valence-corrected chi connectivity index (χ2v) is 4.31. The molecule has 0 aliphatic carbocycles. The number of hydrogen-bond donors (Lipinski definition) is 1. The Bertz CT molecular complexity index is 419. The molecule has 1 aromatic carbocycles. The molecule has 0 aliphatic rings. The molecule has 1 rings (SSSR count). The Balaban J connectivity index is 2.42. The number of halogens is 1. The van der Waals surface area contributed by atoms with E-state index in [9.17, 15) is 4.79 Å². The number of amides is 1. The lowest BCUT2D eigenvalue weighted by molar-refractivity contribution is -0.123. The van der Waals surface area contributed by atoms with Gasteiger partial charge in [-0.05, 0) is 37.1 Å². The molecular formula is C12H15BrN2O2. The van der Waals surface area contributed by atoms with E-state index in [0.29, 0.717) is 5.75 Å². The number of rotatable bonds is 5. The van der Waals surface area contributed by atoms with Gasteiger partial charge in [-0.25, -0.2) is 5.43 Å². The summed E-state index contributed by atoms with van der Waals surface area (Å²) in [6, 6.07) is 5.56. The predicted octanol–water partition coefficient (Wildman–Crippen LogP) is 2.65. The highest BCUT2D eigenvalue weighted by Crippen LogP contribution is 2.21. The number of nitrogens with one attached hydrogen (secondary N) is 1. The van der Waals surface area contributed by atoms with E-state index in [1.807, 2.05) is 26.0 Å². The smallest absolute Gasteiger partial charge is 0.277 e. The van der Waals surface area contributed by atoms with Crippen LogP contribution in [0.2, 0.25) is 0 Å². The molecule has 0 spiro atoms. The van der Waals surface area contributed by atoms with Crippen LogP contribution in [0.3, 0.4) is 0 Å². The van der Waals surface area contributed by atoms with E-state index < -0.39 is 0 Å². The Labute approximate surface area is 109 Å². The van der Waals surface area contributed by atoms with Crippen molar-refractivity contribution in [1.29, 1.82) is 0 Å². The highest BCUT2D eigenvalue weighted by molar-refractivity contribution is 9.10. The average molecular weight is 299 g/mol. The van der Waals surface area contributed by atoms with Crippen LogP contribution in [-0.2, 0) is 4.79 Å². The summed E-state index contributed by atoms with van der Waals surface area (Å²) >= 11 is 3.40. The van der Waals surface area contributed by atoms with E-state index in [1.165, 1.54) is 0 Å². The van der Waals surface area contributed by atoms with E-state index in [1.54, 1.807) is 12.3 Å². The van der Waals surface area contributed by atoms with Gasteiger partial charge in [0.2, 0.25) is 0 Å². The van der Waals surface area contributed by atoms with Crippen molar-refractivity contribution in [3.63, 3.8) is 0 Å². The van der Waals surface area contributed by atoms with Crippen molar-refractivity contribution in [1.82, 2.24) is 5.43 Å². The lowest BCUT2D eigenvalue weighted by atomic mass is 10.2. The molecule has 0 heterocycles. The van der Waals surface area contributed by atoms with Gasteiger partial charge in [-0.15, -0.1) is 0 Å². The zero-order valence-electron chi connectivity index (χ0n) is 9.87. The number of benzene rings is 1. The quantitative estimate of drug-likeness (QED) is 0.671. The Morgan fingerprint density at radius 3 is 3.00 bits per heavy atom. The lowest BCUT2D eigenvalue weighted by Gasteiger charge is -2.06. The molecule has 0 fully saturated rings. The van der Waals surface area contributed by atoms with Crippen molar-refractivity contribution in [3.05, 3.63) is 28.2 Å². The van der Waals surface area contributed by atoms with Gasteiger partial charge in [0.15, 0.2) is 6.61 Å². The van der Waals surface area contributed by atoms with Crippen molar-refractivity contribution in [2.24, 2.45) is 5.10 Å². The van der Waals surface area contributed by atoms with Crippen LogP contribution in [0.4, 0.5) is 0 Å². The molecule has 4 nitrogen and oxygen atoms in total. The number of hydrazone groups is 1. The third kappa shape index (κ3) is 4.99. The fourth-order valence-electron chi connectivity index (χ4n) is 1.10. The maximum Gasteiger partial charge on any atom is 0.277 e. The Morgan fingerprint density at radius 1 is 1.59 bits per heavy atom. The first-order valence-electron chi connectivity index (χ1n) is 5.32. The maximum atomic E-state index is 11.3. The number of carbonyl (C=O) groups is 1. The van der Waals surface area contributed by atoms with E-state index in [2.05, 4.69) is 26.5 Å². The minimum atomic E-state index is -0.268. The second-order valence-electron chi connectivity index (χ2n) is 3.45. The van der Waals surface area contributed by atoms with Crippen LogP contribution in [0.5, 0.6) is 5.75 Å². The summed E-state index contributed by atoms with van der Waals surface area (Å²) in [7, 11) is 0. The normalized spacial score (nSPS) is 10.5. The Kier molecular flexibility index (Phi) is 5.69.